The van der Waals surface area contributed by atoms with Crippen LogP contribution in [0.4, 0.5) is 4.79 Å². The van der Waals surface area contributed by atoms with Crippen molar-refractivity contribution in [2.24, 2.45) is 0 Å². The quantitative estimate of drug-likeness (QED) is 0.417. The van der Waals surface area contributed by atoms with Gasteiger partial charge in [0.05, 0.1) is 13.2 Å². The van der Waals surface area contributed by atoms with E-state index in [2.05, 4.69) is 5.32 Å². The van der Waals surface area contributed by atoms with Crippen LogP contribution >= 0.6 is 11.6 Å². The number of ether oxygens (including phenoxy) is 1. The minimum atomic E-state index is -1.56. The molecule has 1 fully saturated rings. The van der Waals surface area contributed by atoms with Crippen LogP contribution in [-0.2, 0) is 11.3 Å². The minimum absolute atomic E-state index is 0.0949. The van der Waals surface area contributed by atoms with Gasteiger partial charge in [0.1, 0.15) is 24.4 Å². The summed E-state index contributed by atoms with van der Waals surface area (Å²) in [6, 6.07) is 8.48. The van der Waals surface area contributed by atoms with Gasteiger partial charge in [0.15, 0.2) is 6.23 Å². The van der Waals surface area contributed by atoms with Gasteiger partial charge in [-0.2, -0.15) is 0 Å². The number of urea groups is 1. The number of nitrogens with one attached hydrogen (secondary N) is 1. The number of halogens is 1. The van der Waals surface area contributed by atoms with E-state index in [9.17, 15) is 25.2 Å². The lowest BCUT2D eigenvalue weighted by Crippen LogP contribution is -2.64. The molecule has 1 aliphatic rings. The smallest absolute Gasteiger partial charge is 0.319 e. The second-order valence-corrected chi connectivity index (χ2v) is 6.13. The molecule has 2 amide bonds. The number of benzene rings is 1. The number of carbonyl (C=O) groups is 1. The fourth-order valence-corrected chi connectivity index (χ4v) is 2.75. The van der Waals surface area contributed by atoms with E-state index in [4.69, 9.17) is 16.3 Å². The fourth-order valence-electron chi connectivity index (χ4n) is 2.65. The Morgan fingerprint density at radius 3 is 2.44 bits per heavy atom. The third-order valence-corrected chi connectivity index (χ3v) is 4.19. The molecule has 0 saturated carbocycles. The van der Waals surface area contributed by atoms with Crippen molar-refractivity contribution in [1.82, 2.24) is 10.2 Å². The Morgan fingerprint density at radius 2 is 1.84 bits per heavy atom. The summed E-state index contributed by atoms with van der Waals surface area (Å²) in [5, 5.41) is 42.1. The Hall–Kier alpha value is -1.42. The van der Waals surface area contributed by atoms with Crippen molar-refractivity contribution in [1.29, 1.82) is 0 Å². The highest BCUT2D eigenvalue weighted by molar-refractivity contribution is 6.18. The van der Waals surface area contributed by atoms with Crippen LogP contribution in [0.15, 0.2) is 30.3 Å². The number of rotatable bonds is 6. The van der Waals surface area contributed by atoms with Crippen molar-refractivity contribution in [3.05, 3.63) is 35.9 Å². The second-order valence-electron chi connectivity index (χ2n) is 5.75. The van der Waals surface area contributed by atoms with E-state index in [1.165, 1.54) is 4.90 Å². The van der Waals surface area contributed by atoms with Crippen molar-refractivity contribution < 1.29 is 30.0 Å². The summed E-state index contributed by atoms with van der Waals surface area (Å²) in [4.78, 5) is 13.7. The van der Waals surface area contributed by atoms with Gasteiger partial charge in [0.25, 0.3) is 0 Å². The SMILES string of the molecule is O=C(NCCCl)N(Cc1ccccc1)[C@@H]1O[C@H](CO)[C@H](O)[C@H](O)[C@H]1O. The average Bonchev–Trinajstić information content (AvgIpc) is 2.64. The lowest BCUT2D eigenvalue weighted by Gasteiger charge is -2.44. The number of hydrogen-bond donors (Lipinski definition) is 5. The standard InChI is InChI=1S/C16H23ClN2O6/c17-6-7-18-16(24)19(8-10-4-2-1-3-5-10)15-14(23)13(22)12(21)11(9-20)25-15/h1-5,11-15,20-23H,6-9H2,(H,18,24)/t11-,12+,13+,14-,15-/m1/s1. The van der Waals surface area contributed by atoms with Crippen LogP contribution in [0.1, 0.15) is 5.56 Å². The van der Waals surface area contributed by atoms with Crippen LogP contribution in [0.2, 0.25) is 0 Å². The van der Waals surface area contributed by atoms with Crippen LogP contribution < -0.4 is 5.32 Å². The van der Waals surface area contributed by atoms with Crippen molar-refractivity contribution in [3.8, 4) is 0 Å². The van der Waals surface area contributed by atoms with Crippen LogP contribution in [0.3, 0.4) is 0 Å². The molecule has 0 aromatic heterocycles. The summed E-state index contributed by atoms with van der Waals surface area (Å²) in [5.74, 6) is 0.208. The van der Waals surface area contributed by atoms with Gasteiger partial charge in [0, 0.05) is 12.4 Å². The molecule has 1 aromatic carbocycles. The summed E-state index contributed by atoms with van der Waals surface area (Å²) in [6.07, 6.45) is -6.92. The number of aliphatic hydroxyl groups excluding tert-OH is 4. The van der Waals surface area contributed by atoms with Crippen LogP contribution in [0.5, 0.6) is 0 Å². The van der Waals surface area contributed by atoms with Gasteiger partial charge in [0.2, 0.25) is 0 Å². The zero-order valence-electron chi connectivity index (χ0n) is 13.5. The molecule has 25 heavy (non-hydrogen) atoms. The molecule has 0 spiro atoms. The first-order valence-corrected chi connectivity index (χ1v) is 8.48. The first kappa shape index (κ1) is 19.9. The highest BCUT2D eigenvalue weighted by atomic mass is 35.5. The highest BCUT2D eigenvalue weighted by Gasteiger charge is 2.46. The Balaban J connectivity index is 2.24. The van der Waals surface area contributed by atoms with Gasteiger partial charge >= 0.3 is 6.03 Å². The van der Waals surface area contributed by atoms with E-state index in [1.54, 1.807) is 24.3 Å². The summed E-state index contributed by atoms with van der Waals surface area (Å²) in [6.45, 7) is -0.259. The fraction of sp³-hybridized carbons (Fsp3) is 0.562. The molecular formula is C16H23ClN2O6. The summed E-state index contributed by atoms with van der Waals surface area (Å²) in [5.41, 5.74) is 0.778. The molecule has 0 bridgehead atoms. The largest absolute Gasteiger partial charge is 0.394 e. The molecular weight excluding hydrogens is 352 g/mol. The molecule has 8 nitrogen and oxygen atoms in total. The number of carbonyl (C=O) groups excluding carboxylic acids is 1. The maximum Gasteiger partial charge on any atom is 0.319 e. The molecule has 5 atom stereocenters. The zero-order chi connectivity index (χ0) is 18.4. The van der Waals surface area contributed by atoms with Crippen LogP contribution in [-0.4, -0.2) is 81.0 Å². The van der Waals surface area contributed by atoms with E-state index in [0.717, 1.165) is 5.56 Å². The number of nitrogens with zero attached hydrogens (tertiary/aromatic N) is 1. The Kier molecular flexibility index (Phi) is 7.42. The molecule has 1 heterocycles. The monoisotopic (exact) mass is 374 g/mol. The van der Waals surface area contributed by atoms with Crippen LogP contribution in [0.25, 0.3) is 0 Å². The predicted octanol–water partition coefficient (Wildman–Crippen LogP) is -0.763. The second kappa shape index (κ2) is 9.33. The zero-order valence-corrected chi connectivity index (χ0v) is 14.3. The number of alkyl halides is 1. The lowest BCUT2D eigenvalue weighted by atomic mass is 9.97. The van der Waals surface area contributed by atoms with E-state index < -0.39 is 43.3 Å². The van der Waals surface area contributed by atoms with Crippen LogP contribution in [0, 0.1) is 0 Å². The van der Waals surface area contributed by atoms with E-state index in [1.807, 2.05) is 6.07 Å². The lowest BCUT2D eigenvalue weighted by molar-refractivity contribution is -0.258. The highest BCUT2D eigenvalue weighted by Crippen LogP contribution is 2.25. The van der Waals surface area contributed by atoms with Crippen molar-refractivity contribution in [3.63, 3.8) is 0 Å². The topological polar surface area (TPSA) is 122 Å². The van der Waals surface area contributed by atoms with Gasteiger partial charge in [-0.1, -0.05) is 30.3 Å². The minimum Gasteiger partial charge on any atom is -0.394 e. The molecule has 1 aromatic rings. The molecule has 1 saturated heterocycles. The maximum absolute atomic E-state index is 12.5. The number of hydrogen-bond acceptors (Lipinski definition) is 6. The molecule has 0 radical (unpaired) electrons. The Labute approximate surface area is 150 Å². The van der Waals surface area contributed by atoms with Crippen molar-refractivity contribution in [2.75, 3.05) is 19.0 Å². The number of aliphatic hydroxyl groups is 4. The van der Waals surface area contributed by atoms with E-state index >= 15 is 0 Å². The molecule has 2 rings (SSSR count). The number of amides is 2. The normalized spacial score (nSPS) is 29.2. The van der Waals surface area contributed by atoms with Gasteiger partial charge in [-0.25, -0.2) is 4.79 Å². The average molecular weight is 375 g/mol. The third kappa shape index (κ3) is 4.81. The molecule has 0 aliphatic carbocycles. The van der Waals surface area contributed by atoms with Gasteiger partial charge < -0.3 is 30.5 Å². The first-order valence-electron chi connectivity index (χ1n) is 7.94. The van der Waals surface area contributed by atoms with E-state index in [0.29, 0.717) is 0 Å². The Morgan fingerprint density at radius 1 is 1.16 bits per heavy atom. The first-order chi connectivity index (χ1) is 12.0. The Bertz CT molecular complexity index is 547. The molecule has 1 aliphatic heterocycles. The van der Waals surface area contributed by atoms with E-state index in [-0.39, 0.29) is 19.0 Å². The third-order valence-electron chi connectivity index (χ3n) is 4.00. The predicted molar refractivity (Wildman–Crippen MR) is 89.9 cm³/mol. The molecule has 9 heteroatoms. The molecule has 0 unspecified atom stereocenters. The molecule has 140 valence electrons. The summed E-state index contributed by atoms with van der Waals surface area (Å²) >= 11 is 5.59. The van der Waals surface area contributed by atoms with Gasteiger partial charge in [-0.15, -0.1) is 11.6 Å². The van der Waals surface area contributed by atoms with Crippen molar-refractivity contribution in [2.45, 2.75) is 37.2 Å². The van der Waals surface area contributed by atoms with Gasteiger partial charge in [-0.3, -0.25) is 4.90 Å². The summed E-state index contributed by atoms with van der Waals surface area (Å²) < 4.78 is 5.49. The maximum atomic E-state index is 12.5. The van der Waals surface area contributed by atoms with Crippen molar-refractivity contribution >= 4 is 17.6 Å². The summed E-state index contributed by atoms with van der Waals surface area (Å²) in [7, 11) is 0. The molecule has 5 N–H and O–H groups in total. The van der Waals surface area contributed by atoms with Gasteiger partial charge in [-0.05, 0) is 5.56 Å².